The molecular weight excluding hydrogens is 417 g/mol. The van der Waals surface area contributed by atoms with E-state index < -0.39 is 11.8 Å². The fourth-order valence-electron chi connectivity index (χ4n) is 2.88. The smallest absolute Gasteiger partial charge is 0.305 e. The van der Waals surface area contributed by atoms with Crippen molar-refractivity contribution in [1.82, 2.24) is 15.8 Å². The van der Waals surface area contributed by atoms with Crippen molar-refractivity contribution in [2.45, 2.75) is 20.4 Å². The van der Waals surface area contributed by atoms with Crippen LogP contribution < -0.4 is 10.9 Å². The molecule has 0 aliphatic rings. The van der Waals surface area contributed by atoms with Crippen LogP contribution in [0.5, 0.6) is 0 Å². The number of carbonyl (C=O) groups excluding carboxylic acids is 2. The van der Waals surface area contributed by atoms with E-state index >= 15 is 0 Å². The largest absolute Gasteiger partial charge is 0.454 e. The lowest BCUT2D eigenvalue weighted by Gasteiger charge is -2.15. The molecule has 0 aliphatic carbocycles. The summed E-state index contributed by atoms with van der Waals surface area (Å²) in [6, 6.07) is 13.5. The van der Waals surface area contributed by atoms with Crippen LogP contribution in [0.25, 0.3) is 16.5 Å². The number of nitrogens with zero attached hydrogens (tertiary/aromatic N) is 1. The number of hydrogen-bond acceptors (Lipinski definition) is 5. The lowest BCUT2D eigenvalue weighted by Crippen LogP contribution is -2.40. The standard InChI is InChI=1S/C23H24FN3O3S/c1-3-27(4-2)15-16-9-12-20(30-16)23(29)26-25-22(28)14-11-17-10-13-21(31-17)18-7-5-6-8-19(18)24/h5-14H,3-4,15H2,1-2H3,(H,25,28)(H,26,29)/b14-11+. The van der Waals surface area contributed by atoms with E-state index in [9.17, 15) is 14.0 Å². The van der Waals surface area contributed by atoms with Crippen LogP contribution in [0.1, 0.15) is 35.0 Å². The topological polar surface area (TPSA) is 74.6 Å². The van der Waals surface area contributed by atoms with Crippen LogP contribution in [-0.2, 0) is 11.3 Å². The molecule has 0 unspecified atom stereocenters. The van der Waals surface area contributed by atoms with Crippen LogP contribution in [0.4, 0.5) is 4.39 Å². The number of carbonyl (C=O) groups is 2. The number of hydrazine groups is 1. The number of furan rings is 1. The summed E-state index contributed by atoms with van der Waals surface area (Å²) in [6.45, 7) is 6.49. The fraction of sp³-hybridized carbons (Fsp3) is 0.217. The Hall–Kier alpha value is -3.23. The van der Waals surface area contributed by atoms with E-state index in [0.717, 1.165) is 22.8 Å². The second kappa shape index (κ2) is 10.7. The number of rotatable bonds is 8. The van der Waals surface area contributed by atoms with Crippen molar-refractivity contribution < 1.29 is 18.4 Å². The maximum Gasteiger partial charge on any atom is 0.305 e. The van der Waals surface area contributed by atoms with Gasteiger partial charge in [-0.3, -0.25) is 25.3 Å². The highest BCUT2D eigenvalue weighted by molar-refractivity contribution is 7.16. The van der Waals surface area contributed by atoms with Crippen molar-refractivity contribution in [3.05, 3.63) is 76.8 Å². The lowest BCUT2D eigenvalue weighted by atomic mass is 10.2. The van der Waals surface area contributed by atoms with Crippen molar-refractivity contribution in [1.29, 1.82) is 0 Å². The van der Waals surface area contributed by atoms with Gasteiger partial charge in [0.1, 0.15) is 11.6 Å². The summed E-state index contributed by atoms with van der Waals surface area (Å²) in [6.07, 6.45) is 2.90. The Balaban J connectivity index is 1.51. The van der Waals surface area contributed by atoms with Crippen LogP contribution in [0, 0.1) is 5.82 Å². The van der Waals surface area contributed by atoms with Gasteiger partial charge in [0.25, 0.3) is 5.91 Å². The van der Waals surface area contributed by atoms with Gasteiger partial charge in [0.2, 0.25) is 0 Å². The molecule has 1 aromatic carbocycles. The van der Waals surface area contributed by atoms with Crippen LogP contribution >= 0.6 is 11.3 Å². The Labute approximate surface area is 184 Å². The van der Waals surface area contributed by atoms with E-state index in [4.69, 9.17) is 4.42 Å². The highest BCUT2D eigenvalue weighted by atomic mass is 32.1. The molecule has 0 radical (unpaired) electrons. The fourth-order valence-corrected chi connectivity index (χ4v) is 3.82. The van der Waals surface area contributed by atoms with E-state index in [1.165, 1.54) is 23.5 Å². The Morgan fingerprint density at radius 2 is 1.84 bits per heavy atom. The lowest BCUT2D eigenvalue weighted by molar-refractivity contribution is -0.117. The predicted molar refractivity (Wildman–Crippen MR) is 120 cm³/mol. The van der Waals surface area contributed by atoms with E-state index in [1.807, 2.05) is 0 Å². The molecule has 0 fully saturated rings. The monoisotopic (exact) mass is 441 g/mol. The Bertz CT molecular complexity index is 1070. The average Bonchev–Trinajstić information content (AvgIpc) is 3.44. The van der Waals surface area contributed by atoms with Gasteiger partial charge in [-0.2, -0.15) is 0 Å². The minimum absolute atomic E-state index is 0.124. The molecule has 2 amide bonds. The number of hydrogen-bond donors (Lipinski definition) is 2. The van der Waals surface area contributed by atoms with Gasteiger partial charge in [-0.05, 0) is 49.5 Å². The van der Waals surface area contributed by atoms with Crippen LogP contribution in [0.2, 0.25) is 0 Å². The third kappa shape index (κ3) is 6.13. The van der Waals surface area contributed by atoms with E-state index in [0.29, 0.717) is 17.9 Å². The summed E-state index contributed by atoms with van der Waals surface area (Å²) in [5, 5.41) is 0. The summed E-state index contributed by atoms with van der Waals surface area (Å²) in [7, 11) is 0. The zero-order valence-corrected chi connectivity index (χ0v) is 18.2. The third-order valence-corrected chi connectivity index (χ3v) is 5.71. The zero-order valence-electron chi connectivity index (χ0n) is 17.4. The molecule has 2 heterocycles. The summed E-state index contributed by atoms with van der Waals surface area (Å²) >= 11 is 1.36. The molecule has 3 rings (SSSR count). The Kier molecular flexibility index (Phi) is 7.75. The Morgan fingerprint density at radius 1 is 1.06 bits per heavy atom. The number of thiophene rings is 1. The first-order valence-corrected chi connectivity index (χ1v) is 10.8. The first kappa shape index (κ1) is 22.5. The molecule has 8 heteroatoms. The first-order chi connectivity index (χ1) is 15.0. The quantitative estimate of drug-likeness (QED) is 0.400. The van der Waals surface area contributed by atoms with Crippen molar-refractivity contribution in [2.75, 3.05) is 13.1 Å². The number of benzene rings is 1. The summed E-state index contributed by atoms with van der Waals surface area (Å²) in [5.74, 6) is -0.518. The highest BCUT2D eigenvalue weighted by Crippen LogP contribution is 2.30. The van der Waals surface area contributed by atoms with Gasteiger partial charge in [0.05, 0.1) is 6.54 Å². The maximum atomic E-state index is 13.9. The molecular formula is C23H24FN3O3S. The second-order valence-corrected chi connectivity index (χ2v) is 7.80. The van der Waals surface area contributed by atoms with Crippen LogP contribution in [-0.4, -0.2) is 29.8 Å². The summed E-state index contributed by atoms with van der Waals surface area (Å²) in [4.78, 5) is 27.9. The highest BCUT2D eigenvalue weighted by Gasteiger charge is 2.13. The van der Waals surface area contributed by atoms with Gasteiger partial charge in [-0.1, -0.05) is 32.0 Å². The third-order valence-electron chi connectivity index (χ3n) is 4.62. The molecule has 0 saturated heterocycles. The molecule has 0 aliphatic heterocycles. The average molecular weight is 442 g/mol. The summed E-state index contributed by atoms with van der Waals surface area (Å²) in [5.41, 5.74) is 5.16. The molecule has 2 N–H and O–H groups in total. The molecule has 3 aromatic rings. The Morgan fingerprint density at radius 3 is 2.58 bits per heavy atom. The molecule has 31 heavy (non-hydrogen) atoms. The van der Waals surface area contributed by atoms with E-state index in [2.05, 4.69) is 29.6 Å². The number of nitrogens with one attached hydrogen (secondary N) is 2. The van der Waals surface area contributed by atoms with Gasteiger partial charge in [0.15, 0.2) is 5.76 Å². The van der Waals surface area contributed by atoms with Gasteiger partial charge in [-0.25, -0.2) is 4.39 Å². The first-order valence-electron chi connectivity index (χ1n) is 9.94. The molecule has 0 atom stereocenters. The van der Waals surface area contributed by atoms with Gasteiger partial charge in [-0.15, -0.1) is 11.3 Å². The van der Waals surface area contributed by atoms with Gasteiger partial charge in [0, 0.05) is 21.4 Å². The SMILES string of the molecule is CCN(CC)Cc1ccc(C(=O)NNC(=O)/C=C/c2ccc(-c3ccccc3F)s2)o1. The van der Waals surface area contributed by atoms with Crippen molar-refractivity contribution in [3.63, 3.8) is 0 Å². The van der Waals surface area contributed by atoms with Crippen molar-refractivity contribution in [2.24, 2.45) is 0 Å². The zero-order chi connectivity index (χ0) is 22.2. The minimum atomic E-state index is -0.537. The van der Waals surface area contributed by atoms with Crippen LogP contribution in [0.3, 0.4) is 0 Å². The molecule has 0 spiro atoms. The molecule has 6 nitrogen and oxygen atoms in total. The van der Waals surface area contributed by atoms with Crippen LogP contribution in [0.15, 0.2) is 59.0 Å². The van der Waals surface area contributed by atoms with Gasteiger partial charge >= 0.3 is 5.91 Å². The second-order valence-electron chi connectivity index (χ2n) is 6.69. The number of halogens is 1. The molecule has 2 aromatic heterocycles. The predicted octanol–water partition coefficient (Wildman–Crippen LogP) is 4.46. The molecule has 0 saturated carbocycles. The summed E-state index contributed by atoms with van der Waals surface area (Å²) < 4.78 is 19.4. The van der Waals surface area contributed by atoms with Crippen molar-refractivity contribution >= 4 is 29.2 Å². The molecule has 0 bridgehead atoms. The maximum absolute atomic E-state index is 13.9. The normalized spacial score (nSPS) is 11.2. The van der Waals surface area contributed by atoms with Crippen molar-refractivity contribution in [3.8, 4) is 10.4 Å². The van der Waals surface area contributed by atoms with E-state index in [-0.39, 0.29) is 11.6 Å². The van der Waals surface area contributed by atoms with Gasteiger partial charge < -0.3 is 4.42 Å². The number of amides is 2. The minimum Gasteiger partial charge on any atom is -0.454 e. The van der Waals surface area contributed by atoms with E-state index in [1.54, 1.807) is 48.5 Å². The molecule has 162 valence electrons.